The minimum Gasteiger partial charge on any atom is -0.494 e. The molecule has 0 unspecified atom stereocenters. The Morgan fingerprint density at radius 3 is 2.31 bits per heavy atom. The molecule has 0 bridgehead atoms. The summed E-state index contributed by atoms with van der Waals surface area (Å²) in [6.07, 6.45) is 0. The third-order valence-electron chi connectivity index (χ3n) is 5.75. The minimum atomic E-state index is -0.387. The molecule has 178 valence electrons. The fourth-order valence-electron chi connectivity index (χ4n) is 3.99. The Hall–Kier alpha value is -4.46. The molecule has 8 nitrogen and oxygen atoms in total. The first kappa shape index (κ1) is 23.7. The van der Waals surface area contributed by atoms with Gasteiger partial charge in [-0.25, -0.2) is 9.97 Å². The number of anilines is 1. The summed E-state index contributed by atoms with van der Waals surface area (Å²) in [4.78, 5) is 37.4. The zero-order valence-electron chi connectivity index (χ0n) is 20.3. The Balaban J connectivity index is 1.67. The second-order valence-electron chi connectivity index (χ2n) is 8.19. The van der Waals surface area contributed by atoms with E-state index in [9.17, 15) is 9.59 Å². The van der Waals surface area contributed by atoms with E-state index in [1.165, 1.54) is 0 Å². The van der Waals surface area contributed by atoms with E-state index < -0.39 is 0 Å². The summed E-state index contributed by atoms with van der Waals surface area (Å²) >= 11 is 0. The monoisotopic (exact) mass is 469 g/mol. The summed E-state index contributed by atoms with van der Waals surface area (Å²) in [6.45, 7) is 5.85. The topological polar surface area (TPSA) is 109 Å². The first-order valence-electron chi connectivity index (χ1n) is 11.1. The van der Waals surface area contributed by atoms with E-state index in [4.69, 9.17) is 9.72 Å². The predicted octanol–water partition coefficient (Wildman–Crippen LogP) is 4.68. The van der Waals surface area contributed by atoms with Gasteiger partial charge in [0.25, 0.3) is 11.8 Å². The first-order valence-corrected chi connectivity index (χ1v) is 11.1. The van der Waals surface area contributed by atoms with Crippen LogP contribution in [-0.2, 0) is 0 Å². The van der Waals surface area contributed by atoms with Gasteiger partial charge in [0.2, 0.25) is 0 Å². The van der Waals surface area contributed by atoms with Crippen molar-refractivity contribution >= 4 is 17.5 Å². The maximum absolute atomic E-state index is 13.0. The molecule has 4 aromatic rings. The van der Waals surface area contributed by atoms with Gasteiger partial charge in [-0.2, -0.15) is 0 Å². The number of imidazole rings is 1. The van der Waals surface area contributed by atoms with Crippen LogP contribution in [0.25, 0.3) is 22.8 Å². The summed E-state index contributed by atoms with van der Waals surface area (Å²) in [5.74, 6) is 0.512. The second kappa shape index (κ2) is 9.80. The summed E-state index contributed by atoms with van der Waals surface area (Å²) in [6, 6.07) is 16.5. The molecule has 0 radical (unpaired) electrons. The highest BCUT2D eigenvalue weighted by Crippen LogP contribution is 2.34. The Kier molecular flexibility index (Phi) is 6.64. The molecular formula is C27H27N5O3. The SMILES string of the molecule is CNC(=O)c1cccc(NC(=O)c2nc(-c3ccc(OC)c(-c4c(C)cccc4C)n3)[nH]c2C)c1. The predicted molar refractivity (Wildman–Crippen MR) is 136 cm³/mol. The summed E-state index contributed by atoms with van der Waals surface area (Å²) in [5, 5.41) is 5.38. The molecule has 8 heteroatoms. The molecule has 2 amide bonds. The van der Waals surface area contributed by atoms with E-state index in [0.29, 0.717) is 39.9 Å². The maximum atomic E-state index is 13.0. The van der Waals surface area contributed by atoms with E-state index >= 15 is 0 Å². The Bertz CT molecular complexity index is 1400. The molecule has 0 fully saturated rings. The van der Waals surface area contributed by atoms with Crippen molar-refractivity contribution in [2.24, 2.45) is 0 Å². The van der Waals surface area contributed by atoms with Crippen molar-refractivity contribution in [1.29, 1.82) is 0 Å². The summed E-state index contributed by atoms with van der Waals surface area (Å²) < 4.78 is 5.58. The number of rotatable bonds is 6. The standard InChI is InChI=1S/C27H27N5O3/c1-15-8-6-9-16(2)22(15)24-21(35-5)13-12-20(31-24)25-29-17(3)23(32-25)27(34)30-19-11-7-10-18(14-19)26(33)28-4/h6-14H,1-5H3,(H,28,33)(H,29,32)(H,30,34). The Morgan fingerprint density at radius 2 is 1.63 bits per heavy atom. The number of ether oxygens (including phenoxy) is 1. The van der Waals surface area contributed by atoms with Crippen LogP contribution in [-0.4, -0.2) is 40.9 Å². The molecule has 0 aliphatic rings. The van der Waals surface area contributed by atoms with Crippen molar-refractivity contribution in [3.8, 4) is 28.5 Å². The summed E-state index contributed by atoms with van der Waals surface area (Å²) in [5.41, 5.74) is 6.28. The smallest absolute Gasteiger partial charge is 0.276 e. The van der Waals surface area contributed by atoms with Crippen molar-refractivity contribution in [2.75, 3.05) is 19.5 Å². The zero-order valence-corrected chi connectivity index (χ0v) is 20.3. The van der Waals surface area contributed by atoms with Gasteiger partial charge in [0.1, 0.15) is 22.8 Å². The van der Waals surface area contributed by atoms with Crippen LogP contribution in [0.1, 0.15) is 37.7 Å². The third kappa shape index (κ3) is 4.77. The maximum Gasteiger partial charge on any atom is 0.276 e. The number of carbonyl (C=O) groups excluding carboxylic acids is 2. The summed E-state index contributed by atoms with van der Waals surface area (Å²) in [7, 11) is 3.17. The molecule has 3 N–H and O–H groups in total. The van der Waals surface area contributed by atoms with Crippen LogP contribution in [0.15, 0.2) is 54.6 Å². The van der Waals surface area contributed by atoms with Crippen LogP contribution in [0.2, 0.25) is 0 Å². The highest BCUT2D eigenvalue weighted by Gasteiger charge is 2.19. The zero-order chi connectivity index (χ0) is 25.1. The first-order chi connectivity index (χ1) is 16.8. The van der Waals surface area contributed by atoms with Crippen LogP contribution in [0.5, 0.6) is 5.75 Å². The molecule has 2 heterocycles. The van der Waals surface area contributed by atoms with Crippen LogP contribution in [0, 0.1) is 20.8 Å². The Labute approximate surface area is 203 Å². The lowest BCUT2D eigenvalue weighted by atomic mass is 9.99. The number of hydrogen-bond donors (Lipinski definition) is 3. The van der Waals surface area contributed by atoms with Crippen LogP contribution in [0.3, 0.4) is 0 Å². The van der Waals surface area contributed by atoms with Crippen LogP contribution < -0.4 is 15.4 Å². The van der Waals surface area contributed by atoms with Gasteiger partial charge in [-0.1, -0.05) is 24.3 Å². The van der Waals surface area contributed by atoms with Gasteiger partial charge < -0.3 is 20.4 Å². The fourth-order valence-corrected chi connectivity index (χ4v) is 3.99. The minimum absolute atomic E-state index is 0.232. The number of benzene rings is 2. The number of amides is 2. The van der Waals surface area contributed by atoms with Crippen molar-refractivity contribution in [3.63, 3.8) is 0 Å². The third-order valence-corrected chi connectivity index (χ3v) is 5.75. The highest BCUT2D eigenvalue weighted by atomic mass is 16.5. The molecule has 0 saturated carbocycles. The van der Waals surface area contributed by atoms with Crippen molar-refractivity contribution < 1.29 is 14.3 Å². The van der Waals surface area contributed by atoms with Crippen molar-refractivity contribution in [3.05, 3.63) is 82.7 Å². The fraction of sp³-hybridized carbons (Fsp3) is 0.185. The number of aromatic amines is 1. The lowest BCUT2D eigenvalue weighted by molar-refractivity contribution is 0.0961. The molecule has 0 atom stereocenters. The molecule has 0 aliphatic heterocycles. The van der Waals surface area contributed by atoms with Gasteiger partial charge in [-0.3, -0.25) is 9.59 Å². The molecule has 2 aromatic heterocycles. The number of pyridine rings is 1. The highest BCUT2D eigenvalue weighted by molar-refractivity contribution is 6.05. The molecule has 0 spiro atoms. The number of nitrogens with one attached hydrogen (secondary N) is 3. The average molecular weight is 470 g/mol. The molecule has 0 aliphatic carbocycles. The number of aryl methyl sites for hydroxylation is 3. The molecule has 2 aromatic carbocycles. The number of H-pyrrole nitrogens is 1. The van der Waals surface area contributed by atoms with E-state index in [2.05, 4.69) is 20.6 Å². The van der Waals surface area contributed by atoms with Gasteiger partial charge in [-0.15, -0.1) is 0 Å². The lowest BCUT2D eigenvalue weighted by Crippen LogP contribution is -2.18. The van der Waals surface area contributed by atoms with Crippen molar-refractivity contribution in [2.45, 2.75) is 20.8 Å². The number of nitrogens with zero attached hydrogens (tertiary/aromatic N) is 2. The number of hydrogen-bond acceptors (Lipinski definition) is 5. The number of aromatic nitrogens is 3. The van der Waals surface area contributed by atoms with Gasteiger partial charge in [0, 0.05) is 29.6 Å². The lowest BCUT2D eigenvalue weighted by Gasteiger charge is -2.13. The van der Waals surface area contributed by atoms with Gasteiger partial charge in [-0.05, 0) is 62.2 Å². The normalized spacial score (nSPS) is 10.7. The van der Waals surface area contributed by atoms with Gasteiger partial charge >= 0.3 is 0 Å². The molecule has 0 saturated heterocycles. The largest absolute Gasteiger partial charge is 0.494 e. The Morgan fingerprint density at radius 1 is 0.914 bits per heavy atom. The van der Waals surface area contributed by atoms with Crippen LogP contribution >= 0.6 is 0 Å². The van der Waals surface area contributed by atoms with E-state index in [-0.39, 0.29) is 17.5 Å². The number of carbonyl (C=O) groups is 2. The van der Waals surface area contributed by atoms with E-state index in [0.717, 1.165) is 16.7 Å². The van der Waals surface area contributed by atoms with E-state index in [1.54, 1.807) is 45.3 Å². The molecular weight excluding hydrogens is 442 g/mol. The van der Waals surface area contributed by atoms with Gasteiger partial charge in [0.15, 0.2) is 5.82 Å². The van der Waals surface area contributed by atoms with Crippen molar-refractivity contribution in [1.82, 2.24) is 20.3 Å². The molecule has 35 heavy (non-hydrogen) atoms. The van der Waals surface area contributed by atoms with Crippen LogP contribution in [0.4, 0.5) is 5.69 Å². The number of methoxy groups -OCH3 is 1. The average Bonchev–Trinajstić information content (AvgIpc) is 3.25. The quantitative estimate of drug-likeness (QED) is 0.380. The van der Waals surface area contributed by atoms with E-state index in [1.807, 2.05) is 44.2 Å². The van der Waals surface area contributed by atoms with Gasteiger partial charge in [0.05, 0.1) is 7.11 Å². The molecule has 4 rings (SSSR count). The second-order valence-corrected chi connectivity index (χ2v) is 8.19.